The molecule has 5 rings (SSSR count). The molecule has 0 amide bonds. The van der Waals surface area contributed by atoms with Gasteiger partial charge in [-0.05, 0) is 48.2 Å². The average Bonchev–Trinajstić information content (AvgIpc) is 3.37. The summed E-state index contributed by atoms with van der Waals surface area (Å²) in [4.78, 5) is 8.79. The van der Waals surface area contributed by atoms with E-state index in [9.17, 15) is 4.39 Å². The first-order chi connectivity index (χ1) is 13.7. The number of halogens is 1. The zero-order chi connectivity index (χ0) is 19.1. The number of aromatic nitrogens is 5. The maximum Gasteiger partial charge on any atom is 0.171 e. The fourth-order valence-electron chi connectivity index (χ4n) is 3.84. The van der Waals surface area contributed by atoms with Gasteiger partial charge < -0.3 is 4.74 Å². The molecule has 140 valence electrons. The lowest BCUT2D eigenvalue weighted by Gasteiger charge is -2.11. The quantitative estimate of drug-likeness (QED) is 0.547. The van der Waals surface area contributed by atoms with Gasteiger partial charge in [-0.15, -0.1) is 10.2 Å². The zero-order valence-electron chi connectivity index (χ0n) is 15.4. The van der Waals surface area contributed by atoms with Crippen LogP contribution in [-0.2, 0) is 19.3 Å². The van der Waals surface area contributed by atoms with Gasteiger partial charge in [0.05, 0.1) is 6.61 Å². The summed E-state index contributed by atoms with van der Waals surface area (Å²) in [6.07, 6.45) is 8.92. The molecular formula is C21H18FN5O. The van der Waals surface area contributed by atoms with Crippen molar-refractivity contribution < 1.29 is 9.13 Å². The predicted molar refractivity (Wildman–Crippen MR) is 102 cm³/mol. The van der Waals surface area contributed by atoms with Crippen LogP contribution in [0.5, 0.6) is 5.75 Å². The standard InChI is InChI=1S/C21H18FN5O/c1-13-10-23-8-6-14(13)17-11-24-20(27-12-25-26-21(17)27)5-2-15-16-7-9-28-19(16)4-3-18(15)22/h3-4,6,8,10-12H,2,5,7,9H2,1H3. The van der Waals surface area contributed by atoms with Gasteiger partial charge >= 0.3 is 0 Å². The Labute approximate surface area is 161 Å². The zero-order valence-corrected chi connectivity index (χ0v) is 15.4. The molecule has 1 aliphatic rings. The number of fused-ring (bicyclic) bond motifs is 2. The van der Waals surface area contributed by atoms with Crippen LogP contribution in [0.15, 0.2) is 43.1 Å². The summed E-state index contributed by atoms with van der Waals surface area (Å²) in [5, 5.41) is 8.36. The molecule has 0 fully saturated rings. The van der Waals surface area contributed by atoms with Gasteiger partial charge in [-0.3, -0.25) is 9.38 Å². The lowest BCUT2D eigenvalue weighted by Crippen LogP contribution is -2.06. The highest BCUT2D eigenvalue weighted by atomic mass is 19.1. The molecule has 6 nitrogen and oxygen atoms in total. The van der Waals surface area contributed by atoms with Crippen molar-refractivity contribution in [3.8, 4) is 16.9 Å². The van der Waals surface area contributed by atoms with E-state index in [0.717, 1.165) is 45.9 Å². The Morgan fingerprint density at radius 2 is 2.07 bits per heavy atom. The van der Waals surface area contributed by atoms with Gasteiger partial charge in [0.15, 0.2) is 5.65 Å². The summed E-state index contributed by atoms with van der Waals surface area (Å²) in [7, 11) is 0. The van der Waals surface area contributed by atoms with E-state index in [2.05, 4.69) is 20.2 Å². The van der Waals surface area contributed by atoms with Crippen molar-refractivity contribution in [3.63, 3.8) is 0 Å². The number of benzene rings is 1. The van der Waals surface area contributed by atoms with Crippen molar-refractivity contribution in [1.82, 2.24) is 24.6 Å². The van der Waals surface area contributed by atoms with Crippen LogP contribution in [0.4, 0.5) is 4.39 Å². The molecule has 0 aliphatic carbocycles. The van der Waals surface area contributed by atoms with Crippen LogP contribution < -0.4 is 4.74 Å². The van der Waals surface area contributed by atoms with E-state index >= 15 is 0 Å². The fourth-order valence-corrected chi connectivity index (χ4v) is 3.84. The molecule has 4 aromatic rings. The Morgan fingerprint density at radius 1 is 1.14 bits per heavy atom. The molecule has 4 heterocycles. The van der Waals surface area contributed by atoms with Crippen LogP contribution in [-0.4, -0.2) is 31.2 Å². The molecule has 1 aliphatic heterocycles. The van der Waals surface area contributed by atoms with Gasteiger partial charge in [0.25, 0.3) is 0 Å². The minimum atomic E-state index is -0.187. The fraction of sp³-hybridized carbons (Fsp3) is 0.238. The summed E-state index contributed by atoms with van der Waals surface area (Å²) < 4.78 is 21.9. The van der Waals surface area contributed by atoms with E-state index < -0.39 is 0 Å². The van der Waals surface area contributed by atoms with Gasteiger partial charge in [-0.25, -0.2) is 9.37 Å². The molecule has 0 unspecified atom stereocenters. The Balaban J connectivity index is 1.51. The first-order valence-electron chi connectivity index (χ1n) is 9.24. The third kappa shape index (κ3) is 2.70. The highest BCUT2D eigenvalue weighted by Crippen LogP contribution is 2.31. The van der Waals surface area contributed by atoms with E-state index in [4.69, 9.17) is 4.74 Å². The topological polar surface area (TPSA) is 65.2 Å². The minimum absolute atomic E-state index is 0.187. The van der Waals surface area contributed by atoms with E-state index in [0.29, 0.717) is 25.0 Å². The monoisotopic (exact) mass is 375 g/mol. The number of ether oxygens (including phenoxy) is 1. The Bertz CT molecular complexity index is 1190. The van der Waals surface area contributed by atoms with Crippen LogP contribution in [0, 0.1) is 12.7 Å². The van der Waals surface area contributed by atoms with E-state index in [1.165, 1.54) is 6.07 Å². The smallest absolute Gasteiger partial charge is 0.171 e. The molecule has 0 bridgehead atoms. The lowest BCUT2D eigenvalue weighted by molar-refractivity contribution is 0.356. The van der Waals surface area contributed by atoms with Crippen molar-refractivity contribution in [2.24, 2.45) is 0 Å². The number of aryl methyl sites for hydroxylation is 2. The average molecular weight is 375 g/mol. The molecule has 0 saturated heterocycles. The first-order valence-corrected chi connectivity index (χ1v) is 9.24. The van der Waals surface area contributed by atoms with Crippen LogP contribution in [0.25, 0.3) is 16.8 Å². The minimum Gasteiger partial charge on any atom is -0.493 e. The SMILES string of the molecule is Cc1cnccc1-c1cnc(CCc2c(F)ccc3c2CCO3)n2cnnc12. The summed E-state index contributed by atoms with van der Waals surface area (Å²) in [5.41, 5.74) is 5.40. The summed E-state index contributed by atoms with van der Waals surface area (Å²) >= 11 is 0. The Morgan fingerprint density at radius 3 is 2.96 bits per heavy atom. The summed E-state index contributed by atoms with van der Waals surface area (Å²) in [6.45, 7) is 2.61. The molecule has 28 heavy (non-hydrogen) atoms. The molecule has 3 aromatic heterocycles. The van der Waals surface area contributed by atoms with Crippen LogP contribution >= 0.6 is 0 Å². The van der Waals surface area contributed by atoms with Gasteiger partial charge in [0.1, 0.15) is 23.7 Å². The molecule has 0 spiro atoms. The van der Waals surface area contributed by atoms with Gasteiger partial charge in [-0.2, -0.15) is 0 Å². The highest BCUT2D eigenvalue weighted by molar-refractivity contribution is 5.78. The number of hydrogen-bond acceptors (Lipinski definition) is 5. The van der Waals surface area contributed by atoms with E-state index in [1.807, 2.05) is 29.8 Å². The summed E-state index contributed by atoms with van der Waals surface area (Å²) in [6, 6.07) is 5.14. The number of rotatable bonds is 4. The van der Waals surface area contributed by atoms with Gasteiger partial charge in [0.2, 0.25) is 0 Å². The van der Waals surface area contributed by atoms with E-state index in [-0.39, 0.29) is 5.82 Å². The van der Waals surface area contributed by atoms with Crippen molar-refractivity contribution in [1.29, 1.82) is 0 Å². The molecule has 0 atom stereocenters. The van der Waals surface area contributed by atoms with Crippen LogP contribution in [0.2, 0.25) is 0 Å². The molecule has 1 aromatic carbocycles. The second-order valence-corrected chi connectivity index (χ2v) is 6.90. The van der Waals surface area contributed by atoms with Crippen LogP contribution in [0.3, 0.4) is 0 Å². The molecule has 0 N–H and O–H groups in total. The second-order valence-electron chi connectivity index (χ2n) is 6.90. The van der Waals surface area contributed by atoms with Gasteiger partial charge in [0, 0.05) is 42.6 Å². The second kappa shape index (κ2) is 6.67. The van der Waals surface area contributed by atoms with E-state index in [1.54, 1.807) is 18.6 Å². The van der Waals surface area contributed by atoms with Crippen LogP contribution in [0.1, 0.15) is 22.5 Å². The number of hydrogen-bond donors (Lipinski definition) is 0. The Kier molecular flexibility index (Phi) is 4.00. The normalized spacial score (nSPS) is 12.9. The maximum absolute atomic E-state index is 14.4. The van der Waals surface area contributed by atoms with Crippen molar-refractivity contribution >= 4 is 5.65 Å². The number of pyridine rings is 1. The van der Waals surface area contributed by atoms with Gasteiger partial charge in [-0.1, -0.05) is 0 Å². The molecule has 0 saturated carbocycles. The highest BCUT2D eigenvalue weighted by Gasteiger charge is 2.20. The molecule has 0 radical (unpaired) electrons. The van der Waals surface area contributed by atoms with Crippen molar-refractivity contribution in [2.75, 3.05) is 6.61 Å². The first kappa shape index (κ1) is 16.8. The lowest BCUT2D eigenvalue weighted by atomic mass is 9.99. The third-order valence-electron chi connectivity index (χ3n) is 5.26. The third-order valence-corrected chi connectivity index (χ3v) is 5.26. The molecule has 7 heteroatoms. The predicted octanol–water partition coefficient (Wildman–Crippen LogP) is 3.35. The Hall–Kier alpha value is -3.35. The largest absolute Gasteiger partial charge is 0.493 e. The maximum atomic E-state index is 14.4. The summed E-state index contributed by atoms with van der Waals surface area (Å²) in [5.74, 6) is 1.40. The van der Waals surface area contributed by atoms with Crippen molar-refractivity contribution in [2.45, 2.75) is 26.2 Å². The van der Waals surface area contributed by atoms with Crippen molar-refractivity contribution in [3.05, 3.63) is 71.4 Å². The number of nitrogens with zero attached hydrogens (tertiary/aromatic N) is 5. The molecular weight excluding hydrogens is 357 g/mol.